The van der Waals surface area contributed by atoms with Crippen LogP contribution < -0.4 is 0 Å². The number of fused-ring (bicyclic) bond motifs is 1. The van der Waals surface area contributed by atoms with E-state index in [-0.39, 0.29) is 5.91 Å². The number of hydrogen-bond acceptors (Lipinski definition) is 3. The standard InChI is InChI=1S/C18H20N4OS/c1-3-21(4-2)17(23)16(13-8-6-5-7-9-13)22-11-10-15-14(18(22)24)12-19-20-15/h5-12,16H,3-4H2,1-2H3,(H,19,20). The average Bonchev–Trinajstić information content (AvgIpc) is 3.09. The number of hydrogen-bond donors (Lipinski definition) is 1. The summed E-state index contributed by atoms with van der Waals surface area (Å²) < 4.78 is 2.47. The Bertz CT molecular complexity index is 896. The molecule has 0 fully saturated rings. The van der Waals surface area contributed by atoms with E-state index >= 15 is 0 Å². The molecule has 1 N–H and O–H groups in total. The van der Waals surface area contributed by atoms with Crippen molar-refractivity contribution < 1.29 is 4.79 Å². The summed E-state index contributed by atoms with van der Waals surface area (Å²) in [5.74, 6) is 0.0464. The van der Waals surface area contributed by atoms with Gasteiger partial charge in [0, 0.05) is 19.3 Å². The molecule has 1 amide bonds. The number of amides is 1. The summed E-state index contributed by atoms with van der Waals surface area (Å²) in [6, 6.07) is 11.2. The summed E-state index contributed by atoms with van der Waals surface area (Å²) in [5, 5.41) is 7.81. The fraction of sp³-hybridized carbons (Fsp3) is 0.278. The zero-order valence-corrected chi connectivity index (χ0v) is 14.6. The summed E-state index contributed by atoms with van der Waals surface area (Å²) in [7, 11) is 0. The maximum atomic E-state index is 13.2. The molecule has 0 saturated heterocycles. The molecular formula is C18H20N4OS. The number of rotatable bonds is 5. The molecule has 1 atom stereocenters. The van der Waals surface area contributed by atoms with E-state index < -0.39 is 6.04 Å². The minimum absolute atomic E-state index is 0.0464. The highest BCUT2D eigenvalue weighted by atomic mass is 32.1. The van der Waals surface area contributed by atoms with Crippen LogP contribution in [0.3, 0.4) is 0 Å². The van der Waals surface area contributed by atoms with Crippen LogP contribution in [0.5, 0.6) is 0 Å². The van der Waals surface area contributed by atoms with Crippen molar-refractivity contribution in [3.8, 4) is 0 Å². The third kappa shape index (κ3) is 2.85. The number of carbonyl (C=O) groups is 1. The molecule has 3 aromatic rings. The number of H-pyrrole nitrogens is 1. The zero-order chi connectivity index (χ0) is 17.1. The molecule has 3 rings (SSSR count). The molecule has 1 aromatic carbocycles. The Labute approximate surface area is 145 Å². The van der Waals surface area contributed by atoms with E-state index in [1.807, 2.05) is 65.9 Å². The number of benzene rings is 1. The van der Waals surface area contributed by atoms with Gasteiger partial charge in [-0.15, -0.1) is 0 Å². The minimum atomic E-state index is -0.474. The average molecular weight is 340 g/mol. The second-order valence-electron chi connectivity index (χ2n) is 5.55. The Balaban J connectivity index is 2.18. The maximum absolute atomic E-state index is 13.2. The lowest BCUT2D eigenvalue weighted by Crippen LogP contribution is -2.37. The zero-order valence-electron chi connectivity index (χ0n) is 13.8. The van der Waals surface area contributed by atoms with Gasteiger partial charge in [0.1, 0.15) is 10.7 Å². The number of pyridine rings is 1. The van der Waals surface area contributed by atoms with Gasteiger partial charge in [-0.1, -0.05) is 42.5 Å². The largest absolute Gasteiger partial charge is 0.341 e. The first-order valence-corrected chi connectivity index (χ1v) is 8.46. The normalized spacial score (nSPS) is 12.2. The number of nitrogens with zero attached hydrogens (tertiary/aromatic N) is 3. The second kappa shape index (κ2) is 6.97. The Morgan fingerprint density at radius 3 is 2.62 bits per heavy atom. The van der Waals surface area contributed by atoms with Crippen molar-refractivity contribution in [2.75, 3.05) is 13.1 Å². The molecular weight excluding hydrogens is 320 g/mol. The number of likely N-dealkylation sites (N-methyl/N-ethyl adjacent to an activating group) is 1. The maximum Gasteiger partial charge on any atom is 0.250 e. The van der Waals surface area contributed by atoms with E-state index in [0.29, 0.717) is 17.7 Å². The highest BCUT2D eigenvalue weighted by molar-refractivity contribution is 7.71. The van der Waals surface area contributed by atoms with Crippen molar-refractivity contribution in [1.29, 1.82) is 0 Å². The first-order valence-electron chi connectivity index (χ1n) is 8.05. The van der Waals surface area contributed by atoms with Gasteiger partial charge in [-0.25, -0.2) is 0 Å². The first-order chi connectivity index (χ1) is 11.7. The van der Waals surface area contributed by atoms with Crippen molar-refractivity contribution in [2.45, 2.75) is 19.9 Å². The fourth-order valence-corrected chi connectivity index (χ4v) is 3.25. The Hall–Kier alpha value is -2.47. The summed E-state index contributed by atoms with van der Waals surface area (Å²) in [6.07, 6.45) is 3.57. The molecule has 0 bridgehead atoms. The van der Waals surface area contributed by atoms with Crippen molar-refractivity contribution >= 4 is 29.0 Å². The quantitative estimate of drug-likeness (QED) is 0.723. The van der Waals surface area contributed by atoms with Gasteiger partial charge in [-0.3, -0.25) is 9.89 Å². The molecule has 0 spiro atoms. The third-order valence-electron chi connectivity index (χ3n) is 4.24. The van der Waals surface area contributed by atoms with E-state index in [1.165, 1.54) is 0 Å². The summed E-state index contributed by atoms with van der Waals surface area (Å²) >= 11 is 5.63. The summed E-state index contributed by atoms with van der Waals surface area (Å²) in [4.78, 5) is 15.0. The number of nitrogens with one attached hydrogen (secondary N) is 1. The van der Waals surface area contributed by atoms with Gasteiger partial charge >= 0.3 is 0 Å². The molecule has 2 aromatic heterocycles. The van der Waals surface area contributed by atoms with E-state index in [4.69, 9.17) is 12.2 Å². The lowest BCUT2D eigenvalue weighted by molar-refractivity contribution is -0.133. The van der Waals surface area contributed by atoms with Crippen molar-refractivity contribution in [1.82, 2.24) is 19.7 Å². The highest BCUT2D eigenvalue weighted by Crippen LogP contribution is 2.24. The second-order valence-corrected chi connectivity index (χ2v) is 5.94. The smallest absolute Gasteiger partial charge is 0.250 e. The van der Waals surface area contributed by atoms with Crippen LogP contribution in [0.2, 0.25) is 0 Å². The topological polar surface area (TPSA) is 53.9 Å². The molecule has 0 aliphatic rings. The minimum Gasteiger partial charge on any atom is -0.341 e. The van der Waals surface area contributed by atoms with Crippen LogP contribution in [0.25, 0.3) is 10.9 Å². The van der Waals surface area contributed by atoms with Gasteiger partial charge in [-0.2, -0.15) is 5.10 Å². The highest BCUT2D eigenvalue weighted by Gasteiger charge is 2.26. The predicted molar refractivity (Wildman–Crippen MR) is 97.4 cm³/mol. The van der Waals surface area contributed by atoms with E-state index in [2.05, 4.69) is 10.2 Å². The van der Waals surface area contributed by atoms with Gasteiger partial charge in [-0.05, 0) is 25.5 Å². The summed E-state index contributed by atoms with van der Waals surface area (Å²) in [6.45, 7) is 5.31. The lowest BCUT2D eigenvalue weighted by Gasteiger charge is -2.27. The monoisotopic (exact) mass is 340 g/mol. The van der Waals surface area contributed by atoms with E-state index in [1.54, 1.807) is 6.20 Å². The molecule has 124 valence electrons. The Morgan fingerprint density at radius 2 is 1.96 bits per heavy atom. The number of aromatic nitrogens is 3. The molecule has 2 heterocycles. The van der Waals surface area contributed by atoms with Gasteiger partial charge in [0.05, 0.1) is 17.1 Å². The first kappa shape index (κ1) is 16.4. The lowest BCUT2D eigenvalue weighted by atomic mass is 10.0. The Morgan fingerprint density at radius 1 is 1.25 bits per heavy atom. The van der Waals surface area contributed by atoms with Crippen LogP contribution >= 0.6 is 12.2 Å². The summed E-state index contributed by atoms with van der Waals surface area (Å²) in [5.41, 5.74) is 1.80. The molecule has 1 unspecified atom stereocenters. The van der Waals surface area contributed by atoms with Crippen molar-refractivity contribution in [3.63, 3.8) is 0 Å². The van der Waals surface area contributed by atoms with Crippen LogP contribution in [-0.4, -0.2) is 38.7 Å². The van der Waals surface area contributed by atoms with Gasteiger partial charge in [0.25, 0.3) is 0 Å². The van der Waals surface area contributed by atoms with Crippen LogP contribution in [0.1, 0.15) is 25.5 Å². The van der Waals surface area contributed by atoms with Crippen LogP contribution in [0.15, 0.2) is 48.8 Å². The van der Waals surface area contributed by atoms with E-state index in [9.17, 15) is 4.79 Å². The third-order valence-corrected chi connectivity index (χ3v) is 4.67. The SMILES string of the molecule is CCN(CC)C(=O)C(c1ccccc1)n1ccc2[nH]ncc2c1=S. The van der Waals surface area contributed by atoms with Gasteiger partial charge < -0.3 is 9.47 Å². The Kier molecular flexibility index (Phi) is 4.76. The molecule has 6 heteroatoms. The van der Waals surface area contributed by atoms with Crippen molar-refractivity contribution in [2.24, 2.45) is 0 Å². The molecule has 0 aliphatic heterocycles. The molecule has 24 heavy (non-hydrogen) atoms. The van der Waals surface area contributed by atoms with Gasteiger partial charge in [0.15, 0.2) is 0 Å². The molecule has 0 aliphatic carbocycles. The van der Waals surface area contributed by atoms with Crippen LogP contribution in [0, 0.1) is 4.64 Å². The van der Waals surface area contributed by atoms with E-state index in [0.717, 1.165) is 16.5 Å². The molecule has 0 saturated carbocycles. The van der Waals surface area contributed by atoms with Crippen molar-refractivity contribution in [3.05, 3.63) is 59.0 Å². The van der Waals surface area contributed by atoms with Crippen LogP contribution in [-0.2, 0) is 4.79 Å². The molecule has 0 radical (unpaired) electrons. The van der Waals surface area contributed by atoms with Gasteiger partial charge in [0.2, 0.25) is 5.91 Å². The van der Waals surface area contributed by atoms with Crippen LogP contribution in [0.4, 0.5) is 0 Å². The fourth-order valence-electron chi connectivity index (χ4n) is 2.92. The number of aromatic amines is 1. The number of carbonyl (C=O) groups excluding carboxylic acids is 1. The predicted octanol–water partition coefficient (Wildman–Crippen LogP) is 3.55. The molecule has 5 nitrogen and oxygen atoms in total.